The lowest BCUT2D eigenvalue weighted by Crippen LogP contribution is -2.48. The van der Waals surface area contributed by atoms with Crippen LogP contribution < -0.4 is 5.32 Å². The van der Waals surface area contributed by atoms with Gasteiger partial charge in [-0.25, -0.2) is 4.79 Å². The molecule has 0 spiro atoms. The Labute approximate surface area is 127 Å². The molecule has 1 aliphatic heterocycles. The molecule has 0 aromatic rings. The molecule has 1 saturated carbocycles. The third-order valence-electron chi connectivity index (χ3n) is 5.11. The van der Waals surface area contributed by atoms with E-state index in [4.69, 9.17) is 0 Å². The Kier molecular flexibility index (Phi) is 5.48. The number of nitrogens with one attached hydrogen (secondary N) is 1. The summed E-state index contributed by atoms with van der Waals surface area (Å²) in [4.78, 5) is 25.7. The van der Waals surface area contributed by atoms with Gasteiger partial charge in [0, 0.05) is 19.6 Å². The van der Waals surface area contributed by atoms with Crippen molar-refractivity contribution in [2.24, 2.45) is 11.3 Å². The van der Waals surface area contributed by atoms with Crippen molar-refractivity contribution in [1.29, 1.82) is 0 Å². The van der Waals surface area contributed by atoms with Crippen LogP contribution in [0, 0.1) is 11.3 Å². The minimum atomic E-state index is -0.757. The van der Waals surface area contributed by atoms with E-state index in [1.54, 1.807) is 0 Å². The molecular weight excluding hydrogens is 268 g/mol. The highest BCUT2D eigenvalue weighted by molar-refractivity contribution is 5.78. The second-order valence-electron chi connectivity index (χ2n) is 6.69. The van der Waals surface area contributed by atoms with Gasteiger partial charge in [0.15, 0.2) is 0 Å². The van der Waals surface area contributed by atoms with Crippen molar-refractivity contribution in [2.75, 3.05) is 19.6 Å². The second-order valence-corrected chi connectivity index (χ2v) is 6.69. The van der Waals surface area contributed by atoms with Gasteiger partial charge in [-0.15, -0.1) is 0 Å². The molecule has 2 N–H and O–H groups in total. The van der Waals surface area contributed by atoms with Gasteiger partial charge in [-0.2, -0.15) is 0 Å². The number of aliphatic carboxylic acids is 1. The molecule has 0 bridgehead atoms. The first-order chi connectivity index (χ1) is 10.1. The smallest absolute Gasteiger partial charge is 0.317 e. The topological polar surface area (TPSA) is 69.6 Å². The lowest BCUT2D eigenvalue weighted by molar-refractivity contribution is -0.150. The van der Waals surface area contributed by atoms with Crippen molar-refractivity contribution in [1.82, 2.24) is 10.2 Å². The summed E-state index contributed by atoms with van der Waals surface area (Å²) >= 11 is 0. The van der Waals surface area contributed by atoms with Crippen LogP contribution in [-0.2, 0) is 4.79 Å². The number of hydrogen-bond donors (Lipinski definition) is 2. The van der Waals surface area contributed by atoms with Gasteiger partial charge in [-0.3, -0.25) is 4.79 Å². The Morgan fingerprint density at radius 1 is 1.29 bits per heavy atom. The van der Waals surface area contributed by atoms with Crippen LogP contribution in [0.4, 0.5) is 4.79 Å². The summed E-state index contributed by atoms with van der Waals surface area (Å²) in [5, 5.41) is 12.4. The SMILES string of the molecule is CCCC1CCN(C(=O)NCC2(C(=O)O)CCCCC2)C1. The number of likely N-dealkylation sites (tertiary alicyclic amines) is 1. The Morgan fingerprint density at radius 3 is 2.62 bits per heavy atom. The average molecular weight is 296 g/mol. The zero-order valence-electron chi connectivity index (χ0n) is 13.1. The molecule has 0 radical (unpaired) electrons. The van der Waals surface area contributed by atoms with E-state index in [1.807, 2.05) is 4.90 Å². The highest BCUT2D eigenvalue weighted by Gasteiger charge is 2.40. The van der Waals surface area contributed by atoms with Crippen molar-refractivity contribution >= 4 is 12.0 Å². The first-order valence-electron chi connectivity index (χ1n) is 8.33. The standard InChI is InChI=1S/C16H28N2O3/c1-2-6-13-7-10-18(11-13)15(21)17-12-16(14(19)20)8-4-3-5-9-16/h13H,2-12H2,1H3,(H,17,21)(H,19,20). The van der Waals surface area contributed by atoms with E-state index in [2.05, 4.69) is 12.2 Å². The van der Waals surface area contributed by atoms with Gasteiger partial charge in [-0.05, 0) is 31.6 Å². The number of carboxylic acid groups (broad SMARTS) is 1. The van der Waals surface area contributed by atoms with Crippen LogP contribution >= 0.6 is 0 Å². The fourth-order valence-electron chi connectivity index (χ4n) is 3.71. The number of carbonyl (C=O) groups excluding carboxylic acids is 1. The number of amides is 2. The van der Waals surface area contributed by atoms with Crippen LogP contribution in [0.15, 0.2) is 0 Å². The molecule has 5 heteroatoms. The largest absolute Gasteiger partial charge is 0.481 e. The van der Waals surface area contributed by atoms with Crippen LogP contribution in [0.5, 0.6) is 0 Å². The Morgan fingerprint density at radius 2 is 2.00 bits per heavy atom. The van der Waals surface area contributed by atoms with Crippen LogP contribution in [0.1, 0.15) is 58.3 Å². The number of carbonyl (C=O) groups is 2. The number of rotatable bonds is 5. The van der Waals surface area contributed by atoms with Crippen LogP contribution in [0.25, 0.3) is 0 Å². The maximum absolute atomic E-state index is 12.2. The van der Waals surface area contributed by atoms with Crippen LogP contribution in [0.3, 0.4) is 0 Å². The van der Waals surface area contributed by atoms with Gasteiger partial charge in [-0.1, -0.05) is 32.6 Å². The van der Waals surface area contributed by atoms with Gasteiger partial charge in [0.1, 0.15) is 0 Å². The average Bonchev–Trinajstić information content (AvgIpc) is 2.95. The molecule has 2 aliphatic rings. The van der Waals surface area contributed by atoms with Crippen molar-refractivity contribution in [3.8, 4) is 0 Å². The highest BCUT2D eigenvalue weighted by Crippen LogP contribution is 2.36. The highest BCUT2D eigenvalue weighted by atomic mass is 16.4. The van der Waals surface area contributed by atoms with E-state index in [-0.39, 0.29) is 12.6 Å². The van der Waals surface area contributed by atoms with Crippen molar-refractivity contribution in [3.05, 3.63) is 0 Å². The molecule has 5 nitrogen and oxygen atoms in total. The van der Waals surface area contributed by atoms with Gasteiger partial charge in [0.25, 0.3) is 0 Å². The molecule has 1 aliphatic carbocycles. The summed E-state index contributed by atoms with van der Waals surface area (Å²) in [6, 6.07) is -0.0835. The van der Waals surface area contributed by atoms with Crippen LogP contribution in [0.2, 0.25) is 0 Å². The summed E-state index contributed by atoms with van der Waals surface area (Å²) in [7, 11) is 0. The number of carboxylic acids is 1. The van der Waals surface area contributed by atoms with E-state index in [0.29, 0.717) is 18.8 Å². The van der Waals surface area contributed by atoms with Crippen molar-refractivity contribution in [2.45, 2.75) is 58.3 Å². The monoisotopic (exact) mass is 296 g/mol. The molecular formula is C16H28N2O3. The summed E-state index contributed by atoms with van der Waals surface area (Å²) in [5.41, 5.74) is -0.740. The summed E-state index contributed by atoms with van der Waals surface area (Å²) in [6.07, 6.45) is 7.77. The third-order valence-corrected chi connectivity index (χ3v) is 5.11. The molecule has 0 aromatic carbocycles. The molecule has 2 rings (SSSR count). The molecule has 1 heterocycles. The summed E-state index contributed by atoms with van der Waals surface area (Å²) < 4.78 is 0. The maximum atomic E-state index is 12.2. The van der Waals surface area contributed by atoms with E-state index < -0.39 is 11.4 Å². The normalized spacial score (nSPS) is 24.8. The lowest BCUT2D eigenvalue weighted by atomic mass is 9.74. The first kappa shape index (κ1) is 16.1. The van der Waals surface area contributed by atoms with E-state index in [1.165, 1.54) is 6.42 Å². The molecule has 120 valence electrons. The zero-order chi connectivity index (χ0) is 15.3. The van der Waals surface area contributed by atoms with E-state index in [9.17, 15) is 14.7 Å². The second kappa shape index (κ2) is 7.14. The fourth-order valence-corrected chi connectivity index (χ4v) is 3.71. The zero-order valence-corrected chi connectivity index (χ0v) is 13.1. The van der Waals surface area contributed by atoms with Gasteiger partial charge in [0.2, 0.25) is 0 Å². The molecule has 1 atom stereocenters. The van der Waals surface area contributed by atoms with E-state index in [0.717, 1.165) is 45.2 Å². The molecule has 2 fully saturated rings. The Hall–Kier alpha value is -1.26. The molecule has 2 amide bonds. The summed E-state index contributed by atoms with van der Waals surface area (Å²) in [6.45, 7) is 4.06. The first-order valence-corrected chi connectivity index (χ1v) is 8.33. The molecule has 1 unspecified atom stereocenters. The van der Waals surface area contributed by atoms with Crippen molar-refractivity contribution < 1.29 is 14.7 Å². The van der Waals surface area contributed by atoms with Crippen molar-refractivity contribution in [3.63, 3.8) is 0 Å². The molecule has 21 heavy (non-hydrogen) atoms. The number of urea groups is 1. The Bertz CT molecular complexity index is 378. The summed E-state index contributed by atoms with van der Waals surface area (Å²) in [5.74, 6) is -0.142. The minimum Gasteiger partial charge on any atom is -0.481 e. The predicted molar refractivity (Wildman–Crippen MR) is 81.1 cm³/mol. The van der Waals surface area contributed by atoms with Gasteiger partial charge < -0.3 is 15.3 Å². The van der Waals surface area contributed by atoms with Crippen LogP contribution in [-0.4, -0.2) is 41.6 Å². The quantitative estimate of drug-likeness (QED) is 0.819. The number of nitrogens with zero attached hydrogens (tertiary/aromatic N) is 1. The maximum Gasteiger partial charge on any atom is 0.317 e. The number of hydrogen-bond acceptors (Lipinski definition) is 2. The van der Waals surface area contributed by atoms with E-state index >= 15 is 0 Å². The third kappa shape index (κ3) is 3.89. The molecule has 1 saturated heterocycles. The predicted octanol–water partition coefficient (Wildman–Crippen LogP) is 2.85. The van der Waals surface area contributed by atoms with Gasteiger partial charge >= 0.3 is 12.0 Å². The Balaban J connectivity index is 1.84. The van der Waals surface area contributed by atoms with Gasteiger partial charge in [0.05, 0.1) is 5.41 Å². The fraction of sp³-hybridized carbons (Fsp3) is 0.875. The molecule has 0 aromatic heterocycles. The lowest BCUT2D eigenvalue weighted by Gasteiger charge is -2.33. The minimum absolute atomic E-state index is 0.0835.